The van der Waals surface area contributed by atoms with E-state index < -0.39 is 6.03 Å². The van der Waals surface area contributed by atoms with E-state index >= 15 is 0 Å². The van der Waals surface area contributed by atoms with Crippen LogP contribution in [0.4, 0.5) is 10.5 Å². The molecule has 1 aromatic rings. The Kier molecular flexibility index (Phi) is 2.64. The van der Waals surface area contributed by atoms with Gasteiger partial charge in [0.2, 0.25) is 0 Å². The molecule has 0 aliphatic rings. The minimum absolute atomic E-state index is 0.576. The molecular formula is C6H6IN3O. The van der Waals surface area contributed by atoms with E-state index in [0.717, 1.165) is 3.70 Å². The summed E-state index contributed by atoms with van der Waals surface area (Å²) in [6, 6.07) is 2.94. The second-order valence-corrected chi connectivity index (χ2v) is 2.96. The SMILES string of the molecule is NC(=O)Nc1ccc(I)nc1. The number of anilines is 1. The van der Waals surface area contributed by atoms with Gasteiger partial charge in [0.25, 0.3) is 0 Å². The van der Waals surface area contributed by atoms with Crippen molar-refractivity contribution in [3.63, 3.8) is 0 Å². The predicted octanol–water partition coefficient (Wildman–Crippen LogP) is 1.18. The van der Waals surface area contributed by atoms with Gasteiger partial charge in [-0.15, -0.1) is 0 Å². The van der Waals surface area contributed by atoms with E-state index in [9.17, 15) is 4.79 Å². The normalized spacial score (nSPS) is 9.18. The molecule has 1 heterocycles. The average Bonchev–Trinajstić information content (AvgIpc) is 1.93. The lowest BCUT2D eigenvalue weighted by Crippen LogP contribution is -2.19. The van der Waals surface area contributed by atoms with Crippen LogP contribution in [-0.4, -0.2) is 11.0 Å². The molecule has 0 saturated carbocycles. The third kappa shape index (κ3) is 2.71. The molecule has 0 saturated heterocycles. The zero-order valence-electron chi connectivity index (χ0n) is 5.54. The van der Waals surface area contributed by atoms with Gasteiger partial charge in [0.15, 0.2) is 0 Å². The van der Waals surface area contributed by atoms with Crippen LogP contribution in [0.5, 0.6) is 0 Å². The van der Waals surface area contributed by atoms with Crippen LogP contribution in [-0.2, 0) is 0 Å². The first-order valence-electron chi connectivity index (χ1n) is 2.86. The molecule has 5 heteroatoms. The summed E-state index contributed by atoms with van der Waals surface area (Å²) >= 11 is 2.08. The predicted molar refractivity (Wildman–Crippen MR) is 50.2 cm³/mol. The maximum atomic E-state index is 10.3. The number of hydrogen-bond donors (Lipinski definition) is 2. The Balaban J connectivity index is 2.74. The largest absolute Gasteiger partial charge is 0.351 e. The van der Waals surface area contributed by atoms with Gasteiger partial charge < -0.3 is 11.1 Å². The molecule has 2 amide bonds. The minimum Gasteiger partial charge on any atom is -0.351 e. The maximum absolute atomic E-state index is 10.3. The van der Waals surface area contributed by atoms with E-state index in [4.69, 9.17) is 5.73 Å². The maximum Gasteiger partial charge on any atom is 0.316 e. The van der Waals surface area contributed by atoms with E-state index in [0.29, 0.717) is 5.69 Å². The lowest BCUT2D eigenvalue weighted by atomic mass is 10.4. The van der Waals surface area contributed by atoms with E-state index in [1.807, 2.05) is 0 Å². The van der Waals surface area contributed by atoms with Crippen molar-refractivity contribution in [3.05, 3.63) is 22.0 Å². The number of carbonyl (C=O) groups is 1. The summed E-state index contributed by atoms with van der Waals surface area (Å²) in [7, 11) is 0. The summed E-state index contributed by atoms with van der Waals surface area (Å²) in [5.74, 6) is 0. The number of halogens is 1. The molecule has 0 atom stereocenters. The number of hydrogen-bond acceptors (Lipinski definition) is 2. The number of carbonyl (C=O) groups excluding carboxylic acids is 1. The standard InChI is InChI=1S/C6H6IN3O/c7-5-2-1-4(3-9-5)10-6(8)11/h1-3H,(H3,8,10,11). The lowest BCUT2D eigenvalue weighted by molar-refractivity contribution is 0.259. The minimum atomic E-state index is -0.576. The number of amides is 2. The van der Waals surface area contributed by atoms with Crippen molar-refractivity contribution in [3.8, 4) is 0 Å². The highest BCUT2D eigenvalue weighted by Gasteiger charge is 1.94. The van der Waals surface area contributed by atoms with Crippen molar-refractivity contribution in [1.82, 2.24) is 4.98 Å². The highest BCUT2D eigenvalue weighted by Crippen LogP contribution is 2.06. The van der Waals surface area contributed by atoms with Crippen molar-refractivity contribution in [2.75, 3.05) is 5.32 Å². The third-order valence-electron chi connectivity index (χ3n) is 0.995. The highest BCUT2D eigenvalue weighted by atomic mass is 127. The zero-order valence-corrected chi connectivity index (χ0v) is 7.70. The number of urea groups is 1. The fourth-order valence-corrected chi connectivity index (χ4v) is 0.911. The number of primary amides is 1. The van der Waals surface area contributed by atoms with E-state index in [-0.39, 0.29) is 0 Å². The monoisotopic (exact) mass is 263 g/mol. The number of nitrogens with two attached hydrogens (primary N) is 1. The topological polar surface area (TPSA) is 68.0 Å². The van der Waals surface area contributed by atoms with Gasteiger partial charge in [0.1, 0.15) is 3.70 Å². The molecule has 0 aromatic carbocycles. The average molecular weight is 263 g/mol. The van der Waals surface area contributed by atoms with Crippen LogP contribution in [0.15, 0.2) is 18.3 Å². The Morgan fingerprint density at radius 2 is 2.36 bits per heavy atom. The first-order chi connectivity index (χ1) is 5.18. The molecule has 58 valence electrons. The van der Waals surface area contributed by atoms with Crippen molar-refractivity contribution in [2.45, 2.75) is 0 Å². The van der Waals surface area contributed by atoms with E-state index in [2.05, 4.69) is 32.9 Å². The Labute approximate surface area is 77.3 Å². The first-order valence-corrected chi connectivity index (χ1v) is 3.94. The fourth-order valence-electron chi connectivity index (χ4n) is 0.592. The van der Waals surface area contributed by atoms with Gasteiger partial charge in [0, 0.05) is 0 Å². The van der Waals surface area contributed by atoms with E-state index in [1.54, 1.807) is 18.3 Å². The molecule has 0 radical (unpaired) electrons. The van der Waals surface area contributed by atoms with Crippen LogP contribution in [0.25, 0.3) is 0 Å². The van der Waals surface area contributed by atoms with Crippen molar-refractivity contribution in [1.29, 1.82) is 0 Å². The van der Waals surface area contributed by atoms with Crippen LogP contribution < -0.4 is 11.1 Å². The summed E-state index contributed by atoms with van der Waals surface area (Å²) in [5.41, 5.74) is 5.49. The summed E-state index contributed by atoms with van der Waals surface area (Å²) in [6.07, 6.45) is 1.55. The molecule has 0 unspecified atom stereocenters. The van der Waals surface area contributed by atoms with Crippen molar-refractivity contribution < 1.29 is 4.79 Å². The molecular weight excluding hydrogens is 257 g/mol. The number of nitrogens with one attached hydrogen (secondary N) is 1. The Morgan fingerprint density at radius 1 is 1.64 bits per heavy atom. The van der Waals surface area contributed by atoms with Gasteiger partial charge in [0.05, 0.1) is 11.9 Å². The first kappa shape index (κ1) is 8.25. The molecule has 1 rings (SSSR count). The van der Waals surface area contributed by atoms with Gasteiger partial charge in [-0.3, -0.25) is 0 Å². The van der Waals surface area contributed by atoms with Crippen LogP contribution in [0.1, 0.15) is 0 Å². The van der Waals surface area contributed by atoms with E-state index in [1.165, 1.54) is 0 Å². The van der Waals surface area contributed by atoms with Crippen LogP contribution in [0.3, 0.4) is 0 Å². The second kappa shape index (κ2) is 3.51. The quantitative estimate of drug-likeness (QED) is 0.590. The third-order valence-corrected chi connectivity index (χ3v) is 1.63. The number of rotatable bonds is 1. The molecule has 0 aliphatic heterocycles. The Bertz CT molecular complexity index is 259. The molecule has 4 nitrogen and oxygen atoms in total. The van der Waals surface area contributed by atoms with Gasteiger partial charge in [-0.2, -0.15) is 0 Å². The van der Waals surface area contributed by atoms with Crippen molar-refractivity contribution >= 4 is 34.3 Å². The zero-order chi connectivity index (χ0) is 8.27. The molecule has 0 bridgehead atoms. The van der Waals surface area contributed by atoms with Gasteiger partial charge in [-0.25, -0.2) is 9.78 Å². The molecule has 0 aliphatic carbocycles. The number of nitrogens with zero attached hydrogens (tertiary/aromatic N) is 1. The summed E-state index contributed by atoms with van der Waals surface area (Å²) in [6.45, 7) is 0. The smallest absolute Gasteiger partial charge is 0.316 e. The Hall–Kier alpha value is -0.850. The number of aromatic nitrogens is 1. The number of pyridine rings is 1. The molecule has 1 aromatic heterocycles. The van der Waals surface area contributed by atoms with Gasteiger partial charge in [-0.1, -0.05) is 0 Å². The summed E-state index contributed by atoms with van der Waals surface area (Å²) in [4.78, 5) is 14.3. The Morgan fingerprint density at radius 3 is 2.82 bits per heavy atom. The lowest BCUT2D eigenvalue weighted by Gasteiger charge is -1.98. The van der Waals surface area contributed by atoms with Crippen LogP contribution in [0, 0.1) is 3.70 Å². The van der Waals surface area contributed by atoms with Gasteiger partial charge >= 0.3 is 6.03 Å². The molecule has 3 N–H and O–H groups in total. The van der Waals surface area contributed by atoms with Crippen molar-refractivity contribution in [2.24, 2.45) is 5.73 Å². The molecule has 11 heavy (non-hydrogen) atoms. The molecule has 0 spiro atoms. The highest BCUT2D eigenvalue weighted by molar-refractivity contribution is 14.1. The second-order valence-electron chi connectivity index (χ2n) is 1.86. The summed E-state index contributed by atoms with van der Waals surface area (Å²) in [5, 5.41) is 2.40. The molecule has 0 fully saturated rings. The van der Waals surface area contributed by atoms with Crippen LogP contribution in [0.2, 0.25) is 0 Å². The summed E-state index contributed by atoms with van der Waals surface area (Å²) < 4.78 is 0.873. The van der Waals surface area contributed by atoms with Crippen LogP contribution >= 0.6 is 22.6 Å². The van der Waals surface area contributed by atoms with Gasteiger partial charge in [-0.05, 0) is 34.7 Å². The fraction of sp³-hybridized carbons (Fsp3) is 0.